The normalized spacial score (nSPS) is 22.5. The van der Waals surface area contributed by atoms with Crippen molar-refractivity contribution in [2.45, 2.75) is 32.7 Å². The zero-order chi connectivity index (χ0) is 13.2. The van der Waals surface area contributed by atoms with E-state index in [1.807, 2.05) is 0 Å². The highest BCUT2D eigenvalue weighted by Crippen LogP contribution is 2.31. The van der Waals surface area contributed by atoms with Gasteiger partial charge in [0, 0.05) is 12.4 Å². The van der Waals surface area contributed by atoms with Gasteiger partial charge in [-0.05, 0) is 46.8 Å². The van der Waals surface area contributed by atoms with E-state index in [-0.39, 0.29) is 17.4 Å². The average molecular weight is 312 g/mol. The first-order chi connectivity index (χ1) is 8.50. The van der Waals surface area contributed by atoms with Crippen LogP contribution in [0.1, 0.15) is 26.7 Å². The summed E-state index contributed by atoms with van der Waals surface area (Å²) in [5, 5.41) is 6.25. The SMILES string of the molecule is CC1(C)CCCNC1C(=O)Nc1ccncc1Br. The minimum absolute atomic E-state index is 0.0121. The summed E-state index contributed by atoms with van der Waals surface area (Å²) in [4.78, 5) is 16.3. The van der Waals surface area contributed by atoms with E-state index in [4.69, 9.17) is 0 Å². The van der Waals surface area contributed by atoms with E-state index < -0.39 is 0 Å². The fourth-order valence-electron chi connectivity index (χ4n) is 2.34. The summed E-state index contributed by atoms with van der Waals surface area (Å²) in [5.41, 5.74) is 0.750. The maximum absolute atomic E-state index is 12.3. The minimum atomic E-state index is -0.147. The lowest BCUT2D eigenvalue weighted by molar-refractivity contribution is -0.121. The number of rotatable bonds is 2. The van der Waals surface area contributed by atoms with Gasteiger partial charge in [0.05, 0.1) is 16.2 Å². The van der Waals surface area contributed by atoms with Crippen molar-refractivity contribution in [3.8, 4) is 0 Å². The number of aromatic nitrogens is 1. The molecule has 0 aliphatic carbocycles. The van der Waals surface area contributed by atoms with Gasteiger partial charge in [-0.25, -0.2) is 0 Å². The molecule has 0 spiro atoms. The molecule has 18 heavy (non-hydrogen) atoms. The van der Waals surface area contributed by atoms with Gasteiger partial charge in [-0.1, -0.05) is 13.8 Å². The molecule has 2 rings (SSSR count). The molecule has 98 valence electrons. The Labute approximate surface area is 116 Å². The molecular formula is C13H18BrN3O. The van der Waals surface area contributed by atoms with Crippen molar-refractivity contribution in [1.82, 2.24) is 10.3 Å². The van der Waals surface area contributed by atoms with Crippen LogP contribution in [0.3, 0.4) is 0 Å². The second-order valence-electron chi connectivity index (χ2n) is 5.32. The van der Waals surface area contributed by atoms with Crippen LogP contribution in [0, 0.1) is 5.41 Å². The zero-order valence-corrected chi connectivity index (χ0v) is 12.3. The molecule has 0 aromatic carbocycles. The number of halogens is 1. The third-order valence-corrected chi connectivity index (χ3v) is 4.05. The number of pyridine rings is 1. The van der Waals surface area contributed by atoms with Crippen LogP contribution < -0.4 is 10.6 Å². The van der Waals surface area contributed by atoms with Gasteiger partial charge in [0.1, 0.15) is 0 Å². The Hall–Kier alpha value is -0.940. The summed E-state index contributed by atoms with van der Waals surface area (Å²) in [5.74, 6) is 0.0200. The van der Waals surface area contributed by atoms with Crippen molar-refractivity contribution in [3.05, 3.63) is 22.9 Å². The number of hydrogen-bond donors (Lipinski definition) is 2. The van der Waals surface area contributed by atoms with E-state index in [0.717, 1.165) is 29.5 Å². The Morgan fingerprint density at radius 3 is 3.06 bits per heavy atom. The van der Waals surface area contributed by atoms with Crippen LogP contribution >= 0.6 is 15.9 Å². The summed E-state index contributed by atoms with van der Waals surface area (Å²) in [6, 6.07) is 1.64. The second kappa shape index (κ2) is 5.36. The average Bonchev–Trinajstić information content (AvgIpc) is 2.31. The highest BCUT2D eigenvalue weighted by atomic mass is 79.9. The predicted octanol–water partition coefficient (Wildman–Crippen LogP) is 2.56. The number of anilines is 1. The molecule has 1 aromatic heterocycles. The maximum atomic E-state index is 12.3. The van der Waals surface area contributed by atoms with Crippen molar-refractivity contribution in [1.29, 1.82) is 0 Å². The molecule has 0 radical (unpaired) electrons. The fraction of sp³-hybridized carbons (Fsp3) is 0.538. The quantitative estimate of drug-likeness (QED) is 0.882. The Balaban J connectivity index is 2.10. The Kier molecular flexibility index (Phi) is 4.02. The van der Waals surface area contributed by atoms with Crippen LogP contribution in [0.15, 0.2) is 22.9 Å². The first-order valence-electron chi connectivity index (χ1n) is 6.14. The van der Waals surface area contributed by atoms with E-state index >= 15 is 0 Å². The first kappa shape index (κ1) is 13.5. The summed E-state index contributed by atoms with van der Waals surface area (Å²) in [6.07, 6.45) is 5.53. The topological polar surface area (TPSA) is 54.0 Å². The number of carbonyl (C=O) groups is 1. The van der Waals surface area contributed by atoms with Crippen LogP contribution in [0.25, 0.3) is 0 Å². The summed E-state index contributed by atoms with van der Waals surface area (Å²) >= 11 is 3.38. The largest absolute Gasteiger partial charge is 0.324 e. The number of hydrogen-bond acceptors (Lipinski definition) is 3. The van der Waals surface area contributed by atoms with E-state index in [9.17, 15) is 4.79 Å². The van der Waals surface area contributed by atoms with Gasteiger partial charge in [0.2, 0.25) is 5.91 Å². The van der Waals surface area contributed by atoms with Crippen LogP contribution in [-0.4, -0.2) is 23.5 Å². The van der Waals surface area contributed by atoms with Crippen molar-refractivity contribution >= 4 is 27.5 Å². The first-order valence-corrected chi connectivity index (χ1v) is 6.94. The van der Waals surface area contributed by atoms with Crippen molar-refractivity contribution in [2.24, 2.45) is 5.41 Å². The van der Waals surface area contributed by atoms with E-state index in [0.29, 0.717) is 0 Å². The highest BCUT2D eigenvalue weighted by Gasteiger charge is 2.37. The van der Waals surface area contributed by atoms with Gasteiger partial charge in [0.25, 0.3) is 0 Å². The lowest BCUT2D eigenvalue weighted by Gasteiger charge is -2.38. The molecule has 5 heteroatoms. The molecule has 1 aliphatic heterocycles. The molecule has 0 bridgehead atoms. The smallest absolute Gasteiger partial charge is 0.242 e. The van der Waals surface area contributed by atoms with Crippen LogP contribution in [0.5, 0.6) is 0 Å². The molecular weight excluding hydrogens is 294 g/mol. The standard InChI is InChI=1S/C13H18BrN3O/c1-13(2)5-3-6-16-11(13)12(18)17-10-4-7-15-8-9(10)14/h4,7-8,11,16H,3,5-6H2,1-2H3,(H,15,17,18). The van der Waals surface area contributed by atoms with Crippen LogP contribution in [0.4, 0.5) is 5.69 Å². The molecule has 1 saturated heterocycles. The molecule has 4 nitrogen and oxygen atoms in total. The number of nitrogens with zero attached hydrogens (tertiary/aromatic N) is 1. The van der Waals surface area contributed by atoms with Crippen molar-refractivity contribution in [2.75, 3.05) is 11.9 Å². The molecule has 1 fully saturated rings. The molecule has 2 heterocycles. The molecule has 1 amide bonds. The summed E-state index contributed by atoms with van der Waals surface area (Å²) in [7, 11) is 0. The lowest BCUT2D eigenvalue weighted by Crippen LogP contribution is -2.53. The van der Waals surface area contributed by atoms with Gasteiger partial charge in [-0.15, -0.1) is 0 Å². The van der Waals surface area contributed by atoms with E-state index in [1.165, 1.54) is 0 Å². The predicted molar refractivity (Wildman–Crippen MR) is 75.4 cm³/mol. The third kappa shape index (κ3) is 2.90. The molecule has 1 unspecified atom stereocenters. The summed E-state index contributed by atoms with van der Waals surface area (Å²) in [6.45, 7) is 5.16. The van der Waals surface area contributed by atoms with Gasteiger partial charge in [-0.2, -0.15) is 0 Å². The minimum Gasteiger partial charge on any atom is -0.324 e. The number of amides is 1. The molecule has 1 atom stereocenters. The van der Waals surface area contributed by atoms with Crippen LogP contribution in [-0.2, 0) is 4.79 Å². The summed E-state index contributed by atoms with van der Waals surface area (Å²) < 4.78 is 0.798. The van der Waals surface area contributed by atoms with Gasteiger partial charge in [-0.3, -0.25) is 9.78 Å². The zero-order valence-electron chi connectivity index (χ0n) is 10.7. The molecule has 2 N–H and O–H groups in total. The van der Waals surface area contributed by atoms with Gasteiger partial charge in [0.15, 0.2) is 0 Å². The third-order valence-electron chi connectivity index (χ3n) is 3.42. The Morgan fingerprint density at radius 2 is 2.39 bits per heavy atom. The number of nitrogens with one attached hydrogen (secondary N) is 2. The lowest BCUT2D eigenvalue weighted by atomic mass is 9.77. The highest BCUT2D eigenvalue weighted by molar-refractivity contribution is 9.10. The number of piperidine rings is 1. The van der Waals surface area contributed by atoms with E-state index in [1.54, 1.807) is 18.5 Å². The van der Waals surface area contributed by atoms with Gasteiger partial charge < -0.3 is 10.6 Å². The fourth-order valence-corrected chi connectivity index (χ4v) is 2.69. The second-order valence-corrected chi connectivity index (χ2v) is 6.18. The molecule has 1 aromatic rings. The monoisotopic (exact) mass is 311 g/mol. The molecule has 1 aliphatic rings. The van der Waals surface area contributed by atoms with Crippen molar-refractivity contribution in [3.63, 3.8) is 0 Å². The van der Waals surface area contributed by atoms with E-state index in [2.05, 4.69) is 45.4 Å². The number of carbonyl (C=O) groups excluding carboxylic acids is 1. The Bertz CT molecular complexity index is 448. The van der Waals surface area contributed by atoms with Crippen molar-refractivity contribution < 1.29 is 4.79 Å². The van der Waals surface area contributed by atoms with Gasteiger partial charge >= 0.3 is 0 Å². The van der Waals surface area contributed by atoms with Crippen LogP contribution in [0.2, 0.25) is 0 Å². The Morgan fingerprint density at radius 1 is 1.61 bits per heavy atom. The maximum Gasteiger partial charge on any atom is 0.242 e. The molecule has 0 saturated carbocycles.